The lowest BCUT2D eigenvalue weighted by Gasteiger charge is -2.26. The third-order valence-corrected chi connectivity index (χ3v) is 3.31. The maximum atomic E-state index is 5.62. The maximum Gasteiger partial charge on any atom is 0.0923 e. The number of rotatable bonds is 1. The molecule has 2 fully saturated rings. The van der Waals surface area contributed by atoms with E-state index in [0.29, 0.717) is 12.0 Å². The van der Waals surface area contributed by atoms with Crippen molar-refractivity contribution in [3.05, 3.63) is 6.92 Å². The molecule has 0 aromatic carbocycles. The minimum Gasteiger partial charge on any atom is -0.366 e. The van der Waals surface area contributed by atoms with Gasteiger partial charge in [-0.25, -0.2) is 0 Å². The number of hydrogen-bond donors (Lipinski definition) is 0. The normalized spacial score (nSPS) is 49.1. The van der Waals surface area contributed by atoms with Gasteiger partial charge in [-0.1, -0.05) is 13.8 Å². The molecule has 1 aliphatic heterocycles. The van der Waals surface area contributed by atoms with Gasteiger partial charge in [0.25, 0.3) is 0 Å². The molecule has 1 aliphatic carbocycles. The third-order valence-electron chi connectivity index (χ3n) is 3.31. The molecule has 1 saturated carbocycles. The zero-order chi connectivity index (χ0) is 8.06. The van der Waals surface area contributed by atoms with Crippen LogP contribution in [-0.2, 0) is 4.74 Å². The molecule has 11 heavy (non-hydrogen) atoms. The molecule has 1 saturated heterocycles. The smallest absolute Gasteiger partial charge is 0.0923 e. The van der Waals surface area contributed by atoms with Crippen LogP contribution >= 0.6 is 0 Å². The molecule has 0 N–H and O–H groups in total. The molecule has 0 spiro atoms. The summed E-state index contributed by atoms with van der Waals surface area (Å²) >= 11 is 0. The minimum atomic E-state index is 0.259. The summed E-state index contributed by atoms with van der Waals surface area (Å²) in [5, 5.41) is 0. The summed E-state index contributed by atoms with van der Waals surface area (Å²) in [6, 6.07) is 0. The van der Waals surface area contributed by atoms with E-state index in [1.165, 1.54) is 19.3 Å². The molecular weight excluding hydrogens is 136 g/mol. The van der Waals surface area contributed by atoms with Gasteiger partial charge in [0.15, 0.2) is 0 Å². The van der Waals surface area contributed by atoms with Crippen molar-refractivity contribution < 1.29 is 4.74 Å². The fraction of sp³-hybridized carbons (Fsp3) is 0.900. The van der Waals surface area contributed by atoms with Crippen LogP contribution in [0.25, 0.3) is 0 Å². The minimum absolute atomic E-state index is 0.259. The Morgan fingerprint density at radius 1 is 1.55 bits per heavy atom. The maximum absolute atomic E-state index is 5.62. The van der Waals surface area contributed by atoms with Crippen molar-refractivity contribution in [2.45, 2.75) is 44.8 Å². The first-order chi connectivity index (χ1) is 5.12. The first kappa shape index (κ1) is 7.60. The van der Waals surface area contributed by atoms with E-state index in [1.807, 2.05) is 0 Å². The van der Waals surface area contributed by atoms with Gasteiger partial charge in [0.1, 0.15) is 0 Å². The van der Waals surface area contributed by atoms with Crippen molar-refractivity contribution in [2.75, 3.05) is 0 Å². The highest BCUT2D eigenvalue weighted by Crippen LogP contribution is 2.50. The molecule has 1 heterocycles. The van der Waals surface area contributed by atoms with Crippen LogP contribution in [0.4, 0.5) is 0 Å². The standard InChI is InChI=1S/C10H17O/c1-7(2)8-4-5-9-10(3,6-8)11-9/h7-9H,1,4-6H2,2-3H3. The van der Waals surface area contributed by atoms with Crippen LogP contribution in [0.1, 0.15) is 33.1 Å². The Labute approximate surface area is 69.1 Å². The Morgan fingerprint density at radius 3 is 2.82 bits per heavy atom. The van der Waals surface area contributed by atoms with Crippen LogP contribution in [0.5, 0.6) is 0 Å². The molecule has 1 heteroatoms. The zero-order valence-corrected chi connectivity index (χ0v) is 7.47. The van der Waals surface area contributed by atoms with E-state index in [1.54, 1.807) is 0 Å². The third kappa shape index (κ3) is 1.20. The summed E-state index contributed by atoms with van der Waals surface area (Å²) in [4.78, 5) is 0. The summed E-state index contributed by atoms with van der Waals surface area (Å²) in [7, 11) is 0. The van der Waals surface area contributed by atoms with E-state index in [-0.39, 0.29) is 5.60 Å². The molecule has 2 aliphatic rings. The van der Waals surface area contributed by atoms with Gasteiger partial charge in [-0.05, 0) is 38.0 Å². The second-order valence-corrected chi connectivity index (χ2v) is 4.44. The van der Waals surface area contributed by atoms with Crippen molar-refractivity contribution in [1.82, 2.24) is 0 Å². The summed E-state index contributed by atoms with van der Waals surface area (Å²) in [5.41, 5.74) is 0.259. The van der Waals surface area contributed by atoms with Crippen LogP contribution < -0.4 is 0 Å². The Hall–Kier alpha value is -0.0400. The van der Waals surface area contributed by atoms with Crippen molar-refractivity contribution in [3.8, 4) is 0 Å². The summed E-state index contributed by atoms with van der Waals surface area (Å²) < 4.78 is 5.62. The lowest BCUT2D eigenvalue weighted by molar-refractivity contribution is 0.247. The number of hydrogen-bond acceptors (Lipinski definition) is 1. The van der Waals surface area contributed by atoms with Crippen molar-refractivity contribution in [1.29, 1.82) is 0 Å². The van der Waals surface area contributed by atoms with Crippen molar-refractivity contribution in [3.63, 3.8) is 0 Å². The predicted molar refractivity (Wildman–Crippen MR) is 45.1 cm³/mol. The molecule has 2 rings (SSSR count). The average molecular weight is 153 g/mol. The van der Waals surface area contributed by atoms with Gasteiger partial charge in [0.2, 0.25) is 0 Å². The summed E-state index contributed by atoms with van der Waals surface area (Å²) in [6.45, 7) is 8.55. The first-order valence-electron chi connectivity index (χ1n) is 4.63. The Balaban J connectivity index is 1.97. The van der Waals surface area contributed by atoms with Crippen molar-refractivity contribution in [2.24, 2.45) is 11.8 Å². The largest absolute Gasteiger partial charge is 0.366 e. The first-order valence-corrected chi connectivity index (χ1v) is 4.63. The van der Waals surface area contributed by atoms with E-state index >= 15 is 0 Å². The fourth-order valence-corrected chi connectivity index (χ4v) is 2.31. The average Bonchev–Trinajstić information content (AvgIpc) is 2.58. The number of epoxide rings is 1. The van der Waals surface area contributed by atoms with Crippen LogP contribution in [0.2, 0.25) is 0 Å². The highest BCUT2D eigenvalue weighted by atomic mass is 16.6. The molecular formula is C10H17O. The van der Waals surface area contributed by atoms with Gasteiger partial charge in [-0.3, -0.25) is 0 Å². The Morgan fingerprint density at radius 2 is 2.27 bits per heavy atom. The predicted octanol–water partition coefficient (Wildman–Crippen LogP) is 2.41. The molecule has 0 aromatic heterocycles. The van der Waals surface area contributed by atoms with Crippen LogP contribution in [0, 0.1) is 18.8 Å². The van der Waals surface area contributed by atoms with Gasteiger partial charge in [0.05, 0.1) is 11.7 Å². The number of ether oxygens (including phenoxy) is 1. The molecule has 1 radical (unpaired) electrons. The zero-order valence-electron chi connectivity index (χ0n) is 7.47. The molecule has 1 nitrogen and oxygen atoms in total. The molecule has 0 amide bonds. The molecule has 4 unspecified atom stereocenters. The number of fused-ring (bicyclic) bond motifs is 1. The van der Waals surface area contributed by atoms with Crippen LogP contribution in [0.3, 0.4) is 0 Å². The highest BCUT2D eigenvalue weighted by molar-refractivity contribution is 5.04. The van der Waals surface area contributed by atoms with Gasteiger partial charge in [-0.2, -0.15) is 0 Å². The van der Waals surface area contributed by atoms with E-state index in [0.717, 1.165) is 5.92 Å². The van der Waals surface area contributed by atoms with Gasteiger partial charge < -0.3 is 4.74 Å². The summed E-state index contributed by atoms with van der Waals surface area (Å²) in [5.74, 6) is 1.40. The lowest BCUT2D eigenvalue weighted by atomic mass is 9.77. The SMILES string of the molecule is [CH2]C(C)C1CCC2OC2(C)C1. The lowest BCUT2D eigenvalue weighted by Crippen LogP contribution is -2.25. The Kier molecular flexibility index (Phi) is 1.54. The highest BCUT2D eigenvalue weighted by Gasteiger charge is 2.55. The molecule has 63 valence electrons. The van der Waals surface area contributed by atoms with Gasteiger partial charge >= 0.3 is 0 Å². The summed E-state index contributed by atoms with van der Waals surface area (Å²) in [6.07, 6.45) is 4.42. The quantitative estimate of drug-likeness (QED) is 0.527. The molecule has 0 aromatic rings. The second-order valence-electron chi connectivity index (χ2n) is 4.44. The van der Waals surface area contributed by atoms with Gasteiger partial charge in [0, 0.05) is 0 Å². The molecule has 0 bridgehead atoms. The molecule has 4 atom stereocenters. The van der Waals surface area contributed by atoms with Gasteiger partial charge in [-0.15, -0.1) is 0 Å². The topological polar surface area (TPSA) is 12.5 Å². The Bertz CT molecular complexity index is 164. The van der Waals surface area contributed by atoms with Crippen LogP contribution in [0.15, 0.2) is 0 Å². The second kappa shape index (κ2) is 2.22. The van der Waals surface area contributed by atoms with Crippen molar-refractivity contribution >= 4 is 0 Å². The van der Waals surface area contributed by atoms with E-state index < -0.39 is 0 Å². The van der Waals surface area contributed by atoms with E-state index in [2.05, 4.69) is 20.8 Å². The monoisotopic (exact) mass is 153 g/mol. The van der Waals surface area contributed by atoms with E-state index in [4.69, 9.17) is 4.74 Å². The van der Waals surface area contributed by atoms with E-state index in [9.17, 15) is 0 Å². The fourth-order valence-electron chi connectivity index (χ4n) is 2.31. The van der Waals surface area contributed by atoms with Crippen LogP contribution in [-0.4, -0.2) is 11.7 Å².